The van der Waals surface area contributed by atoms with Gasteiger partial charge >= 0.3 is 0 Å². The third-order valence-corrected chi connectivity index (χ3v) is 2.41. The van der Waals surface area contributed by atoms with Crippen molar-refractivity contribution in [3.8, 4) is 0 Å². The Hall–Kier alpha value is -2.43. The summed E-state index contributed by atoms with van der Waals surface area (Å²) in [7, 11) is 1.52. The molecular formula is C15H17FN2O2. The highest BCUT2D eigenvalue weighted by atomic mass is 19.1. The number of allylic oxidation sites excluding steroid dienone is 3. The van der Waals surface area contributed by atoms with Crippen LogP contribution in [-0.2, 0) is 9.59 Å². The van der Waals surface area contributed by atoms with Crippen molar-refractivity contribution in [3.05, 3.63) is 54.4 Å². The van der Waals surface area contributed by atoms with E-state index in [0.29, 0.717) is 5.69 Å². The molecule has 0 saturated heterocycles. The number of anilines is 1. The number of rotatable bonds is 5. The van der Waals surface area contributed by atoms with Gasteiger partial charge in [-0.15, -0.1) is 0 Å². The molecule has 1 aromatic rings. The molecule has 0 spiro atoms. The average molecular weight is 276 g/mol. The van der Waals surface area contributed by atoms with Crippen LogP contribution in [0.4, 0.5) is 10.1 Å². The van der Waals surface area contributed by atoms with E-state index in [0.717, 1.165) is 0 Å². The lowest BCUT2D eigenvalue weighted by atomic mass is 10.3. The maximum atomic E-state index is 12.9. The van der Waals surface area contributed by atoms with Gasteiger partial charge in [0, 0.05) is 18.8 Å². The largest absolute Gasteiger partial charge is 0.333 e. The summed E-state index contributed by atoms with van der Waals surface area (Å²) in [6.07, 6.45) is 6.48. The Labute approximate surface area is 117 Å². The van der Waals surface area contributed by atoms with Crippen LogP contribution >= 0.6 is 0 Å². The topological polar surface area (TPSA) is 49.4 Å². The zero-order valence-electron chi connectivity index (χ0n) is 11.5. The molecule has 0 fully saturated rings. The van der Waals surface area contributed by atoms with E-state index >= 15 is 0 Å². The molecule has 0 aromatic heterocycles. The summed E-state index contributed by atoms with van der Waals surface area (Å²) in [5, 5.41) is 2.52. The number of likely N-dealkylation sites (N-methyl/N-ethyl adjacent to an activating group) is 1. The first-order chi connectivity index (χ1) is 9.52. The molecule has 1 N–H and O–H groups in total. The standard InChI is InChI=1S/C15H17FN2O2/c1-3-4-5-9-15(20)18(2)11-14(19)17-13-8-6-7-12(16)10-13/h3-10H,11H2,1-2H3,(H,17,19)/b4-3+,9-5+. The molecule has 0 atom stereocenters. The second-order valence-corrected chi connectivity index (χ2v) is 4.14. The van der Waals surface area contributed by atoms with Crippen LogP contribution in [0, 0.1) is 5.82 Å². The van der Waals surface area contributed by atoms with Crippen molar-refractivity contribution >= 4 is 17.5 Å². The number of hydrogen-bond donors (Lipinski definition) is 1. The Kier molecular flexibility index (Phi) is 6.16. The molecule has 0 heterocycles. The molecule has 0 aliphatic carbocycles. The van der Waals surface area contributed by atoms with Gasteiger partial charge in [0.25, 0.3) is 0 Å². The van der Waals surface area contributed by atoms with Crippen molar-refractivity contribution in [1.82, 2.24) is 4.90 Å². The minimum Gasteiger partial charge on any atom is -0.333 e. The highest BCUT2D eigenvalue weighted by Gasteiger charge is 2.10. The monoisotopic (exact) mass is 276 g/mol. The van der Waals surface area contributed by atoms with Gasteiger partial charge in [-0.05, 0) is 25.1 Å². The summed E-state index contributed by atoms with van der Waals surface area (Å²) in [6.45, 7) is 1.74. The lowest BCUT2D eigenvalue weighted by Gasteiger charge is -2.14. The van der Waals surface area contributed by atoms with Crippen molar-refractivity contribution in [3.63, 3.8) is 0 Å². The predicted octanol–water partition coefficient (Wildman–Crippen LogP) is 2.35. The number of hydrogen-bond acceptors (Lipinski definition) is 2. The van der Waals surface area contributed by atoms with Crippen LogP contribution in [0.25, 0.3) is 0 Å². The van der Waals surface area contributed by atoms with E-state index < -0.39 is 5.82 Å². The molecule has 2 amide bonds. The fourth-order valence-electron chi connectivity index (χ4n) is 1.44. The minimum absolute atomic E-state index is 0.102. The quantitative estimate of drug-likeness (QED) is 0.663. The fraction of sp³-hybridized carbons (Fsp3) is 0.200. The summed E-state index contributed by atoms with van der Waals surface area (Å²) in [5.41, 5.74) is 0.361. The Balaban J connectivity index is 2.51. The molecule has 0 aliphatic heterocycles. The Morgan fingerprint density at radius 2 is 2.10 bits per heavy atom. The van der Waals surface area contributed by atoms with Gasteiger partial charge in [0.2, 0.25) is 11.8 Å². The number of carbonyl (C=O) groups excluding carboxylic acids is 2. The van der Waals surface area contributed by atoms with Crippen molar-refractivity contribution in [2.24, 2.45) is 0 Å². The van der Waals surface area contributed by atoms with Gasteiger partial charge in [0.15, 0.2) is 0 Å². The zero-order chi connectivity index (χ0) is 15.0. The van der Waals surface area contributed by atoms with Crippen LogP contribution in [-0.4, -0.2) is 30.3 Å². The second-order valence-electron chi connectivity index (χ2n) is 4.14. The highest BCUT2D eigenvalue weighted by Crippen LogP contribution is 2.08. The SMILES string of the molecule is C/C=C/C=C/C(=O)N(C)CC(=O)Nc1cccc(F)c1. The first kappa shape index (κ1) is 15.6. The smallest absolute Gasteiger partial charge is 0.246 e. The number of nitrogens with zero attached hydrogens (tertiary/aromatic N) is 1. The van der Waals surface area contributed by atoms with Gasteiger partial charge in [-0.1, -0.05) is 24.3 Å². The summed E-state index contributed by atoms with van der Waals surface area (Å²) in [4.78, 5) is 24.6. The molecule has 1 rings (SSSR count). The van der Waals surface area contributed by atoms with Crippen molar-refractivity contribution in [2.75, 3.05) is 18.9 Å². The number of benzene rings is 1. The van der Waals surface area contributed by atoms with Crippen molar-refractivity contribution < 1.29 is 14.0 Å². The lowest BCUT2D eigenvalue weighted by molar-refractivity contribution is -0.129. The van der Waals surface area contributed by atoms with E-state index in [4.69, 9.17) is 0 Å². The second kappa shape index (κ2) is 7.89. The average Bonchev–Trinajstić information content (AvgIpc) is 2.38. The van der Waals surface area contributed by atoms with Crippen LogP contribution in [0.3, 0.4) is 0 Å². The highest BCUT2D eigenvalue weighted by molar-refractivity contribution is 5.96. The normalized spacial score (nSPS) is 10.9. The van der Waals surface area contributed by atoms with Gasteiger partial charge in [0.1, 0.15) is 5.82 Å². The molecule has 0 unspecified atom stereocenters. The van der Waals surface area contributed by atoms with Crippen molar-refractivity contribution in [1.29, 1.82) is 0 Å². The molecular weight excluding hydrogens is 259 g/mol. The van der Waals surface area contributed by atoms with Crippen LogP contribution in [0.1, 0.15) is 6.92 Å². The number of nitrogens with one attached hydrogen (secondary N) is 1. The summed E-state index contributed by atoms with van der Waals surface area (Å²) in [5.74, 6) is -1.09. The molecule has 0 aliphatic rings. The predicted molar refractivity (Wildman–Crippen MR) is 76.6 cm³/mol. The Morgan fingerprint density at radius 1 is 1.35 bits per heavy atom. The molecule has 0 bridgehead atoms. The van der Waals surface area contributed by atoms with Gasteiger partial charge in [-0.3, -0.25) is 9.59 Å². The lowest BCUT2D eigenvalue weighted by Crippen LogP contribution is -2.33. The van der Waals surface area contributed by atoms with Gasteiger partial charge in [-0.25, -0.2) is 4.39 Å². The van der Waals surface area contributed by atoms with Crippen LogP contribution in [0.5, 0.6) is 0 Å². The molecule has 20 heavy (non-hydrogen) atoms. The zero-order valence-corrected chi connectivity index (χ0v) is 11.5. The van der Waals surface area contributed by atoms with E-state index in [2.05, 4.69) is 5.32 Å². The molecule has 4 nitrogen and oxygen atoms in total. The molecule has 0 saturated carbocycles. The van der Waals surface area contributed by atoms with Crippen LogP contribution in [0.2, 0.25) is 0 Å². The summed E-state index contributed by atoms with van der Waals surface area (Å²) in [6, 6.07) is 5.58. The van der Waals surface area contributed by atoms with Crippen molar-refractivity contribution in [2.45, 2.75) is 6.92 Å². The van der Waals surface area contributed by atoms with Crippen LogP contribution < -0.4 is 5.32 Å². The summed E-state index contributed by atoms with van der Waals surface area (Å²) < 4.78 is 12.9. The summed E-state index contributed by atoms with van der Waals surface area (Å²) >= 11 is 0. The molecule has 106 valence electrons. The molecule has 1 aromatic carbocycles. The molecule has 0 radical (unpaired) electrons. The van der Waals surface area contributed by atoms with E-state index in [1.807, 2.05) is 6.92 Å². The van der Waals surface area contributed by atoms with Gasteiger partial charge < -0.3 is 10.2 Å². The number of halogens is 1. The maximum Gasteiger partial charge on any atom is 0.246 e. The van der Waals surface area contributed by atoms with Crippen LogP contribution in [0.15, 0.2) is 48.6 Å². The van der Waals surface area contributed by atoms with E-state index in [9.17, 15) is 14.0 Å². The number of amides is 2. The first-order valence-corrected chi connectivity index (χ1v) is 6.13. The van der Waals surface area contributed by atoms with Gasteiger partial charge in [0.05, 0.1) is 6.54 Å². The van der Waals surface area contributed by atoms with E-state index in [1.54, 1.807) is 24.3 Å². The fourth-order valence-corrected chi connectivity index (χ4v) is 1.44. The van der Waals surface area contributed by atoms with E-state index in [1.165, 1.54) is 36.2 Å². The maximum absolute atomic E-state index is 12.9. The van der Waals surface area contributed by atoms with E-state index in [-0.39, 0.29) is 18.4 Å². The Bertz CT molecular complexity index is 538. The number of carbonyl (C=O) groups is 2. The molecule has 5 heteroatoms. The minimum atomic E-state index is -0.429. The van der Waals surface area contributed by atoms with Gasteiger partial charge in [-0.2, -0.15) is 0 Å². The Morgan fingerprint density at radius 3 is 2.75 bits per heavy atom. The third kappa shape index (κ3) is 5.48. The third-order valence-electron chi connectivity index (χ3n) is 2.41. The first-order valence-electron chi connectivity index (χ1n) is 6.13.